The van der Waals surface area contributed by atoms with Gasteiger partial charge in [0.1, 0.15) is 12.2 Å². The van der Waals surface area contributed by atoms with E-state index < -0.39 is 0 Å². The molecule has 96 valence electrons. The van der Waals surface area contributed by atoms with Gasteiger partial charge in [0.05, 0.1) is 12.3 Å². The zero-order valence-electron chi connectivity index (χ0n) is 9.96. The van der Waals surface area contributed by atoms with Crippen molar-refractivity contribution >= 4 is 17.2 Å². The zero-order valence-corrected chi connectivity index (χ0v) is 10.8. The molecule has 0 aromatic carbocycles. The number of carbonyl (C=O) groups excluding carboxylic acids is 1. The van der Waals surface area contributed by atoms with Crippen LogP contribution in [0.5, 0.6) is 0 Å². The van der Waals surface area contributed by atoms with Crippen LogP contribution in [0.4, 0.5) is 0 Å². The van der Waals surface area contributed by atoms with Crippen LogP contribution < -0.4 is 5.32 Å². The van der Waals surface area contributed by atoms with E-state index in [0.29, 0.717) is 12.1 Å². The third-order valence-corrected chi connectivity index (χ3v) is 3.44. The van der Waals surface area contributed by atoms with Crippen LogP contribution in [-0.2, 0) is 24.4 Å². The van der Waals surface area contributed by atoms with Crippen molar-refractivity contribution in [2.24, 2.45) is 0 Å². The molecule has 0 saturated heterocycles. The van der Waals surface area contributed by atoms with Gasteiger partial charge in [-0.15, -0.1) is 16.4 Å². The Labute approximate surface area is 108 Å². The van der Waals surface area contributed by atoms with Crippen molar-refractivity contribution in [1.29, 1.82) is 0 Å². The van der Waals surface area contributed by atoms with Gasteiger partial charge in [0, 0.05) is 18.3 Å². The van der Waals surface area contributed by atoms with Gasteiger partial charge in [-0.25, -0.2) is 4.68 Å². The van der Waals surface area contributed by atoms with Crippen LogP contribution in [-0.4, -0.2) is 33.1 Å². The summed E-state index contributed by atoms with van der Waals surface area (Å²) in [5, 5.41) is 21.6. The Morgan fingerprint density at radius 2 is 2.44 bits per heavy atom. The molecule has 0 radical (unpaired) electrons. The van der Waals surface area contributed by atoms with Gasteiger partial charge in [-0.05, 0) is 11.4 Å². The van der Waals surface area contributed by atoms with E-state index in [2.05, 4.69) is 15.6 Å². The van der Waals surface area contributed by atoms with Gasteiger partial charge in [-0.3, -0.25) is 4.79 Å². The van der Waals surface area contributed by atoms with Crippen LogP contribution >= 0.6 is 11.3 Å². The summed E-state index contributed by atoms with van der Waals surface area (Å²) >= 11 is 1.62. The highest BCUT2D eigenvalue weighted by Crippen LogP contribution is 2.16. The molecule has 18 heavy (non-hydrogen) atoms. The molecule has 0 saturated carbocycles. The van der Waals surface area contributed by atoms with E-state index >= 15 is 0 Å². The number of hydrogen-bond acceptors (Lipinski definition) is 5. The normalized spacial score (nSPS) is 10.6. The van der Waals surface area contributed by atoms with Crippen LogP contribution in [0.2, 0.25) is 0 Å². The molecule has 2 N–H and O–H groups in total. The van der Waals surface area contributed by atoms with E-state index in [1.165, 1.54) is 4.68 Å². The molecule has 0 aliphatic carbocycles. The Hall–Kier alpha value is -1.73. The minimum atomic E-state index is -0.172. The van der Waals surface area contributed by atoms with Gasteiger partial charge < -0.3 is 10.4 Å². The lowest BCUT2D eigenvalue weighted by atomic mass is 10.2. The topological polar surface area (TPSA) is 80.0 Å². The first-order valence-electron chi connectivity index (χ1n) is 5.49. The van der Waals surface area contributed by atoms with Crippen molar-refractivity contribution in [1.82, 2.24) is 20.3 Å². The molecule has 0 fully saturated rings. The summed E-state index contributed by atoms with van der Waals surface area (Å²) in [7, 11) is 1.57. The average Bonchev–Trinajstić information content (AvgIpc) is 3.01. The Balaban J connectivity index is 2.24. The van der Waals surface area contributed by atoms with Crippen LogP contribution in [0.1, 0.15) is 16.3 Å². The molecular weight excluding hydrogens is 252 g/mol. The highest BCUT2D eigenvalue weighted by atomic mass is 32.1. The molecule has 0 spiro atoms. The summed E-state index contributed by atoms with van der Waals surface area (Å²) in [5.74, 6) is -0.142. The summed E-state index contributed by atoms with van der Waals surface area (Å²) in [5.41, 5.74) is 1.30. The minimum absolute atomic E-state index is 0.115. The first-order chi connectivity index (χ1) is 8.74. The molecule has 0 aliphatic rings. The second kappa shape index (κ2) is 5.74. The fraction of sp³-hybridized carbons (Fsp3) is 0.364. The molecule has 2 rings (SSSR count). The van der Waals surface area contributed by atoms with Crippen molar-refractivity contribution in [2.45, 2.75) is 19.6 Å². The number of carbonyl (C=O) groups is 1. The first kappa shape index (κ1) is 12.7. The third kappa shape index (κ3) is 2.74. The highest BCUT2D eigenvalue weighted by molar-refractivity contribution is 7.09. The Morgan fingerprint density at radius 3 is 3.06 bits per heavy atom. The number of rotatable bonds is 5. The predicted molar refractivity (Wildman–Crippen MR) is 67.1 cm³/mol. The van der Waals surface area contributed by atoms with Crippen molar-refractivity contribution in [3.05, 3.63) is 33.8 Å². The molecule has 7 heteroatoms. The van der Waals surface area contributed by atoms with Crippen molar-refractivity contribution < 1.29 is 9.90 Å². The molecular formula is C11H14N4O2S. The fourth-order valence-electron chi connectivity index (χ4n) is 1.61. The Morgan fingerprint density at radius 1 is 1.61 bits per heavy atom. The number of nitrogens with one attached hydrogen (secondary N) is 1. The number of hydrogen-bond donors (Lipinski definition) is 2. The quantitative estimate of drug-likeness (QED) is 0.808. The average molecular weight is 266 g/mol. The SMILES string of the molecule is CNC(=O)Cn1nnc(CO)c1Cc1cccs1. The van der Waals surface area contributed by atoms with Crippen molar-refractivity contribution in [3.63, 3.8) is 0 Å². The predicted octanol–water partition coefficient (Wildman–Crippen LogP) is 0.169. The lowest BCUT2D eigenvalue weighted by molar-refractivity contribution is -0.121. The monoisotopic (exact) mass is 266 g/mol. The largest absolute Gasteiger partial charge is 0.390 e. The van der Waals surface area contributed by atoms with Crippen LogP contribution in [0.3, 0.4) is 0 Å². The summed E-state index contributed by atoms with van der Waals surface area (Å²) in [4.78, 5) is 12.5. The van der Waals surface area contributed by atoms with Crippen molar-refractivity contribution in [3.8, 4) is 0 Å². The zero-order chi connectivity index (χ0) is 13.0. The van der Waals surface area contributed by atoms with Gasteiger partial charge in [0.2, 0.25) is 5.91 Å². The Bertz CT molecular complexity index is 521. The number of aliphatic hydroxyl groups is 1. The molecule has 2 heterocycles. The molecule has 2 aromatic rings. The van der Waals surface area contributed by atoms with Gasteiger partial charge in [-0.2, -0.15) is 0 Å². The fourth-order valence-corrected chi connectivity index (χ4v) is 2.31. The summed E-state index contributed by atoms with van der Waals surface area (Å²) < 4.78 is 1.53. The number of amides is 1. The second-order valence-electron chi connectivity index (χ2n) is 3.73. The summed E-state index contributed by atoms with van der Waals surface area (Å²) in [6.45, 7) is -0.0569. The minimum Gasteiger partial charge on any atom is -0.390 e. The molecule has 0 aliphatic heterocycles. The number of likely N-dealkylation sites (N-methyl/N-ethyl adjacent to an activating group) is 1. The summed E-state index contributed by atoms with van der Waals surface area (Å²) in [6, 6.07) is 3.97. The third-order valence-electron chi connectivity index (χ3n) is 2.56. The number of aromatic nitrogens is 3. The van der Waals surface area contributed by atoms with E-state index in [1.807, 2.05) is 17.5 Å². The van der Waals surface area contributed by atoms with Gasteiger partial charge >= 0.3 is 0 Å². The number of aliphatic hydroxyl groups excluding tert-OH is 1. The maximum Gasteiger partial charge on any atom is 0.241 e. The van der Waals surface area contributed by atoms with E-state index in [-0.39, 0.29) is 19.1 Å². The van der Waals surface area contributed by atoms with Crippen molar-refractivity contribution in [2.75, 3.05) is 7.05 Å². The molecule has 0 unspecified atom stereocenters. The first-order valence-corrected chi connectivity index (χ1v) is 6.37. The molecule has 6 nitrogen and oxygen atoms in total. The van der Waals surface area contributed by atoms with Crippen LogP contribution in [0.15, 0.2) is 17.5 Å². The molecule has 0 atom stereocenters. The van der Waals surface area contributed by atoms with E-state index in [1.54, 1.807) is 18.4 Å². The highest BCUT2D eigenvalue weighted by Gasteiger charge is 2.15. The van der Waals surface area contributed by atoms with Crippen LogP contribution in [0.25, 0.3) is 0 Å². The van der Waals surface area contributed by atoms with Crippen LogP contribution in [0, 0.1) is 0 Å². The smallest absolute Gasteiger partial charge is 0.241 e. The van der Waals surface area contributed by atoms with E-state index in [4.69, 9.17) is 0 Å². The van der Waals surface area contributed by atoms with Gasteiger partial charge in [0.25, 0.3) is 0 Å². The van der Waals surface area contributed by atoms with E-state index in [0.717, 1.165) is 10.6 Å². The molecule has 1 amide bonds. The Kier molecular flexibility index (Phi) is 4.06. The maximum absolute atomic E-state index is 11.4. The molecule has 0 bridgehead atoms. The standard InChI is InChI=1S/C11H14N4O2S/c1-12-11(17)6-15-10(9(7-16)13-14-15)5-8-3-2-4-18-8/h2-4,16H,5-7H2,1H3,(H,12,17). The number of thiophene rings is 1. The van der Waals surface area contributed by atoms with Gasteiger partial charge in [0.15, 0.2) is 0 Å². The van der Waals surface area contributed by atoms with E-state index in [9.17, 15) is 9.90 Å². The summed E-state index contributed by atoms with van der Waals surface area (Å²) in [6.07, 6.45) is 0.623. The number of nitrogens with zero attached hydrogens (tertiary/aromatic N) is 3. The lowest BCUT2D eigenvalue weighted by Crippen LogP contribution is -2.25. The second-order valence-corrected chi connectivity index (χ2v) is 4.76. The molecule has 2 aromatic heterocycles. The van der Waals surface area contributed by atoms with Gasteiger partial charge in [-0.1, -0.05) is 11.3 Å². The maximum atomic E-state index is 11.4. The lowest BCUT2D eigenvalue weighted by Gasteiger charge is -2.05.